The third-order valence-corrected chi connectivity index (χ3v) is 4.03. The van der Waals surface area contributed by atoms with Gasteiger partial charge in [-0.15, -0.1) is 0 Å². The molecule has 1 unspecified atom stereocenters. The number of piperazine rings is 1. The molecule has 2 N–H and O–H groups in total. The van der Waals surface area contributed by atoms with Crippen LogP contribution in [0.3, 0.4) is 0 Å². The van der Waals surface area contributed by atoms with Crippen molar-refractivity contribution in [1.82, 2.24) is 4.90 Å². The Morgan fingerprint density at radius 1 is 1.37 bits per heavy atom. The molecule has 1 aliphatic rings. The Hall–Kier alpha value is -1.26. The molecule has 0 bridgehead atoms. The average molecular weight is 263 g/mol. The Bertz CT molecular complexity index is 433. The number of hydrogen-bond acceptors (Lipinski definition) is 4. The van der Waals surface area contributed by atoms with Crippen molar-refractivity contribution in [2.24, 2.45) is 5.73 Å². The zero-order valence-electron chi connectivity index (χ0n) is 12.4. The predicted molar refractivity (Wildman–Crippen MR) is 79.9 cm³/mol. The van der Waals surface area contributed by atoms with Gasteiger partial charge in [0.25, 0.3) is 0 Å². The minimum Gasteiger partial charge on any atom is -0.495 e. The van der Waals surface area contributed by atoms with Gasteiger partial charge < -0.3 is 15.4 Å². The number of ether oxygens (including phenoxy) is 1. The second-order valence-electron chi connectivity index (χ2n) is 5.90. The normalized spacial score (nSPS) is 23.4. The molecule has 1 aromatic rings. The molecular weight excluding hydrogens is 238 g/mol. The fourth-order valence-corrected chi connectivity index (χ4v) is 2.95. The number of nitrogens with zero attached hydrogens (tertiary/aromatic N) is 2. The molecule has 0 spiro atoms. The van der Waals surface area contributed by atoms with E-state index in [1.807, 2.05) is 12.1 Å². The lowest BCUT2D eigenvalue weighted by molar-refractivity contribution is 0.154. The number of para-hydroxylation sites is 2. The van der Waals surface area contributed by atoms with E-state index in [-0.39, 0.29) is 5.54 Å². The summed E-state index contributed by atoms with van der Waals surface area (Å²) in [6.45, 7) is 7.14. The van der Waals surface area contributed by atoms with Crippen molar-refractivity contribution in [2.75, 3.05) is 38.7 Å². The van der Waals surface area contributed by atoms with Gasteiger partial charge in [-0.1, -0.05) is 12.1 Å². The van der Waals surface area contributed by atoms with E-state index in [1.54, 1.807) is 7.11 Å². The molecule has 2 rings (SSSR count). The molecule has 1 aliphatic heterocycles. The van der Waals surface area contributed by atoms with Crippen molar-refractivity contribution < 1.29 is 4.74 Å². The molecule has 4 nitrogen and oxygen atoms in total. The number of likely N-dealkylation sites (N-methyl/N-ethyl adjacent to an activating group) is 1. The molecular formula is C15H25N3O. The lowest BCUT2D eigenvalue weighted by atomic mass is 9.94. The van der Waals surface area contributed by atoms with E-state index < -0.39 is 0 Å². The fourth-order valence-electron chi connectivity index (χ4n) is 2.95. The maximum absolute atomic E-state index is 5.89. The van der Waals surface area contributed by atoms with Crippen molar-refractivity contribution in [1.29, 1.82) is 0 Å². The highest BCUT2D eigenvalue weighted by atomic mass is 16.5. The van der Waals surface area contributed by atoms with Crippen LogP contribution in [0, 0.1) is 0 Å². The van der Waals surface area contributed by atoms with E-state index in [0.717, 1.165) is 24.5 Å². The summed E-state index contributed by atoms with van der Waals surface area (Å²) in [7, 11) is 3.88. The monoisotopic (exact) mass is 263 g/mol. The molecule has 0 amide bonds. The van der Waals surface area contributed by atoms with Crippen LogP contribution >= 0.6 is 0 Å². The minimum atomic E-state index is 0.0645. The first-order chi connectivity index (χ1) is 8.99. The van der Waals surface area contributed by atoms with Crippen molar-refractivity contribution in [3.63, 3.8) is 0 Å². The van der Waals surface area contributed by atoms with E-state index in [4.69, 9.17) is 10.5 Å². The van der Waals surface area contributed by atoms with Crippen molar-refractivity contribution in [2.45, 2.75) is 25.4 Å². The summed E-state index contributed by atoms with van der Waals surface area (Å²) in [6.07, 6.45) is 0. The van der Waals surface area contributed by atoms with E-state index in [1.165, 1.54) is 0 Å². The van der Waals surface area contributed by atoms with Crippen molar-refractivity contribution in [3.05, 3.63) is 24.3 Å². The minimum absolute atomic E-state index is 0.0645. The van der Waals surface area contributed by atoms with Crippen LogP contribution in [0.25, 0.3) is 0 Å². The zero-order chi connectivity index (χ0) is 14.0. The highest BCUT2D eigenvalue weighted by molar-refractivity contribution is 5.60. The van der Waals surface area contributed by atoms with E-state index >= 15 is 0 Å². The van der Waals surface area contributed by atoms with Gasteiger partial charge in [-0.25, -0.2) is 0 Å². The largest absolute Gasteiger partial charge is 0.495 e. The molecule has 1 atom stereocenters. The van der Waals surface area contributed by atoms with Crippen LogP contribution in [0.15, 0.2) is 24.3 Å². The van der Waals surface area contributed by atoms with Crippen LogP contribution in [-0.4, -0.2) is 50.3 Å². The molecule has 1 fully saturated rings. The second kappa shape index (κ2) is 5.39. The molecule has 1 aromatic carbocycles. The summed E-state index contributed by atoms with van der Waals surface area (Å²) in [5.74, 6) is 0.927. The van der Waals surface area contributed by atoms with Gasteiger partial charge in [0.2, 0.25) is 0 Å². The van der Waals surface area contributed by atoms with Crippen LogP contribution < -0.4 is 15.4 Å². The maximum atomic E-state index is 5.89. The zero-order valence-corrected chi connectivity index (χ0v) is 12.4. The molecule has 1 heterocycles. The molecule has 4 heteroatoms. The number of rotatable bonds is 3. The molecule has 106 valence electrons. The van der Waals surface area contributed by atoms with Crippen LogP contribution in [0.2, 0.25) is 0 Å². The van der Waals surface area contributed by atoms with Gasteiger partial charge in [0.1, 0.15) is 5.75 Å². The molecule has 0 aromatic heterocycles. The molecule has 19 heavy (non-hydrogen) atoms. The number of anilines is 1. The van der Waals surface area contributed by atoms with E-state index in [2.05, 4.69) is 42.8 Å². The summed E-state index contributed by atoms with van der Waals surface area (Å²) in [5.41, 5.74) is 7.11. The number of methoxy groups -OCH3 is 1. The highest BCUT2D eigenvalue weighted by Gasteiger charge is 2.37. The first-order valence-corrected chi connectivity index (χ1v) is 6.80. The number of benzene rings is 1. The van der Waals surface area contributed by atoms with Gasteiger partial charge in [0.05, 0.1) is 12.8 Å². The van der Waals surface area contributed by atoms with E-state index in [9.17, 15) is 0 Å². The van der Waals surface area contributed by atoms with Crippen LogP contribution in [-0.2, 0) is 0 Å². The third-order valence-electron chi connectivity index (χ3n) is 4.03. The Labute approximate surface area is 116 Å². The molecule has 1 saturated heterocycles. The Balaban J connectivity index is 2.35. The Kier molecular flexibility index (Phi) is 4.02. The first-order valence-electron chi connectivity index (χ1n) is 6.80. The second-order valence-corrected chi connectivity index (χ2v) is 5.90. The van der Waals surface area contributed by atoms with Crippen LogP contribution in [0.1, 0.15) is 13.8 Å². The van der Waals surface area contributed by atoms with Gasteiger partial charge in [0.15, 0.2) is 0 Å². The number of hydrogen-bond donors (Lipinski definition) is 1. The SMILES string of the molecule is COc1ccccc1N1CC(CN)N(C)CC1(C)C. The highest BCUT2D eigenvalue weighted by Crippen LogP contribution is 2.35. The van der Waals surface area contributed by atoms with Gasteiger partial charge in [-0.2, -0.15) is 0 Å². The van der Waals surface area contributed by atoms with Crippen LogP contribution in [0.4, 0.5) is 5.69 Å². The summed E-state index contributed by atoms with van der Waals surface area (Å²) in [6, 6.07) is 8.59. The lowest BCUT2D eigenvalue weighted by Crippen LogP contribution is -2.64. The smallest absolute Gasteiger partial charge is 0.142 e. The van der Waals surface area contributed by atoms with Gasteiger partial charge >= 0.3 is 0 Å². The van der Waals surface area contributed by atoms with Crippen molar-refractivity contribution in [3.8, 4) is 5.75 Å². The Morgan fingerprint density at radius 2 is 2.05 bits per heavy atom. The quantitative estimate of drug-likeness (QED) is 0.898. The van der Waals surface area contributed by atoms with Gasteiger partial charge in [0, 0.05) is 31.2 Å². The molecule has 0 aliphatic carbocycles. The summed E-state index contributed by atoms with van der Waals surface area (Å²) in [5, 5.41) is 0. The maximum Gasteiger partial charge on any atom is 0.142 e. The third kappa shape index (κ3) is 2.69. The fraction of sp³-hybridized carbons (Fsp3) is 0.600. The summed E-state index contributed by atoms with van der Waals surface area (Å²) >= 11 is 0. The predicted octanol–water partition coefficient (Wildman–Crippen LogP) is 1.55. The first kappa shape index (κ1) is 14.2. The number of nitrogens with two attached hydrogens (primary N) is 1. The lowest BCUT2D eigenvalue weighted by Gasteiger charge is -2.51. The standard InChI is InChI=1S/C15H25N3O/c1-15(2)11-17(3)12(9-16)10-18(15)13-7-5-6-8-14(13)19-4/h5-8,12H,9-11,16H2,1-4H3. The summed E-state index contributed by atoms with van der Waals surface area (Å²) in [4.78, 5) is 4.77. The topological polar surface area (TPSA) is 41.7 Å². The Morgan fingerprint density at radius 3 is 2.68 bits per heavy atom. The molecule has 0 saturated carbocycles. The molecule has 0 radical (unpaired) electrons. The summed E-state index contributed by atoms with van der Waals surface area (Å²) < 4.78 is 5.50. The average Bonchev–Trinajstić information content (AvgIpc) is 2.38. The van der Waals surface area contributed by atoms with Crippen LogP contribution in [0.5, 0.6) is 5.75 Å². The van der Waals surface area contributed by atoms with Gasteiger partial charge in [-0.05, 0) is 33.0 Å². The van der Waals surface area contributed by atoms with Crippen molar-refractivity contribution >= 4 is 5.69 Å². The van der Waals surface area contributed by atoms with Gasteiger partial charge in [-0.3, -0.25) is 4.90 Å². The van der Waals surface area contributed by atoms with E-state index in [0.29, 0.717) is 12.6 Å².